The molecule has 0 saturated heterocycles. The summed E-state index contributed by atoms with van der Waals surface area (Å²) < 4.78 is 28.2. The Morgan fingerprint density at radius 1 is 1.19 bits per heavy atom. The Balaban J connectivity index is 1.94. The maximum absolute atomic E-state index is 11.7. The van der Waals surface area contributed by atoms with Gasteiger partial charge in [0.05, 0.1) is 0 Å². The van der Waals surface area contributed by atoms with Gasteiger partial charge in [0.15, 0.2) is 0 Å². The predicted molar refractivity (Wildman–Crippen MR) is 75.1 cm³/mol. The number of carbonyl (C=O) groups excluding carboxylic acids is 1. The molecule has 0 heterocycles. The lowest BCUT2D eigenvalue weighted by Crippen LogP contribution is -2.31. The van der Waals surface area contributed by atoms with Gasteiger partial charge in [0, 0.05) is 17.3 Å². The van der Waals surface area contributed by atoms with E-state index < -0.39 is 28.6 Å². The van der Waals surface area contributed by atoms with E-state index in [1.54, 1.807) is 0 Å². The van der Waals surface area contributed by atoms with Crippen LogP contribution in [0.3, 0.4) is 0 Å². The Morgan fingerprint density at radius 3 is 2.33 bits per heavy atom. The van der Waals surface area contributed by atoms with Crippen molar-refractivity contribution >= 4 is 27.8 Å². The molecule has 1 aromatic rings. The monoisotopic (exact) mass is 313 g/mol. The molecular weight excluding hydrogens is 298 g/mol. The van der Waals surface area contributed by atoms with Gasteiger partial charge in [0.25, 0.3) is 16.1 Å². The molecule has 2 rings (SSSR count). The molecule has 0 bridgehead atoms. The molecule has 9 heteroatoms. The first-order valence-electron chi connectivity index (χ1n) is 6.26. The molecule has 1 aliphatic rings. The standard InChI is InChI=1S/C12H15N3O5S/c16-11(17)7-13-12(18)8-1-3-9(4-2-8)14-21(19,20)15-10-5-6-10/h1-4,10,14-15H,5-7H2,(H,13,18)(H,16,17). The second-order valence-electron chi connectivity index (χ2n) is 4.65. The zero-order valence-electron chi connectivity index (χ0n) is 11.0. The zero-order chi connectivity index (χ0) is 15.5. The molecule has 0 aromatic heterocycles. The number of amides is 1. The van der Waals surface area contributed by atoms with Gasteiger partial charge in [0.2, 0.25) is 0 Å². The molecule has 1 amide bonds. The number of benzene rings is 1. The fraction of sp³-hybridized carbons (Fsp3) is 0.333. The molecule has 0 aliphatic heterocycles. The van der Waals surface area contributed by atoms with Crippen LogP contribution in [-0.4, -0.2) is 38.0 Å². The van der Waals surface area contributed by atoms with Crippen LogP contribution in [0.5, 0.6) is 0 Å². The summed E-state index contributed by atoms with van der Waals surface area (Å²) in [5.74, 6) is -1.68. The van der Waals surface area contributed by atoms with E-state index in [2.05, 4.69) is 14.8 Å². The first kappa shape index (κ1) is 15.3. The highest BCUT2D eigenvalue weighted by atomic mass is 32.2. The van der Waals surface area contributed by atoms with E-state index in [0.717, 1.165) is 12.8 Å². The summed E-state index contributed by atoms with van der Waals surface area (Å²) in [5, 5.41) is 10.7. The van der Waals surface area contributed by atoms with Crippen LogP contribution in [0.4, 0.5) is 5.69 Å². The summed E-state index contributed by atoms with van der Waals surface area (Å²) in [6, 6.07) is 5.69. The van der Waals surface area contributed by atoms with Crippen molar-refractivity contribution in [3.8, 4) is 0 Å². The number of anilines is 1. The third-order valence-corrected chi connectivity index (χ3v) is 3.85. The highest BCUT2D eigenvalue weighted by molar-refractivity contribution is 7.90. The second kappa shape index (κ2) is 6.10. The van der Waals surface area contributed by atoms with Crippen molar-refractivity contribution in [2.24, 2.45) is 0 Å². The highest BCUT2D eigenvalue weighted by Crippen LogP contribution is 2.20. The molecule has 8 nitrogen and oxygen atoms in total. The summed E-state index contributed by atoms with van der Waals surface area (Å²) in [6.45, 7) is -0.474. The Bertz CT molecular complexity index is 637. The van der Waals surface area contributed by atoms with E-state index in [0.29, 0.717) is 5.69 Å². The molecule has 0 spiro atoms. The van der Waals surface area contributed by atoms with E-state index in [-0.39, 0.29) is 11.6 Å². The maximum Gasteiger partial charge on any atom is 0.322 e. The summed E-state index contributed by atoms with van der Waals surface area (Å²) in [7, 11) is -3.60. The number of carboxylic acids is 1. The molecular formula is C12H15N3O5S. The van der Waals surface area contributed by atoms with Crippen LogP contribution in [0.2, 0.25) is 0 Å². The number of hydrogen-bond donors (Lipinski definition) is 4. The van der Waals surface area contributed by atoms with E-state index >= 15 is 0 Å². The third-order valence-electron chi connectivity index (χ3n) is 2.70. The van der Waals surface area contributed by atoms with Crippen LogP contribution in [-0.2, 0) is 15.0 Å². The van der Waals surface area contributed by atoms with E-state index in [1.165, 1.54) is 24.3 Å². The van der Waals surface area contributed by atoms with Crippen LogP contribution in [0.25, 0.3) is 0 Å². The number of carboxylic acid groups (broad SMARTS) is 1. The van der Waals surface area contributed by atoms with Crippen LogP contribution in [0.1, 0.15) is 23.2 Å². The SMILES string of the molecule is O=C(O)CNC(=O)c1ccc(NS(=O)(=O)NC2CC2)cc1. The minimum Gasteiger partial charge on any atom is -0.480 e. The lowest BCUT2D eigenvalue weighted by Gasteiger charge is -2.09. The lowest BCUT2D eigenvalue weighted by atomic mass is 10.2. The second-order valence-corrected chi connectivity index (χ2v) is 6.10. The molecule has 21 heavy (non-hydrogen) atoms. The van der Waals surface area contributed by atoms with Crippen molar-refractivity contribution in [1.82, 2.24) is 10.0 Å². The van der Waals surface area contributed by atoms with Crippen LogP contribution >= 0.6 is 0 Å². The molecule has 114 valence electrons. The first-order chi connectivity index (χ1) is 9.85. The first-order valence-corrected chi connectivity index (χ1v) is 7.74. The van der Waals surface area contributed by atoms with Gasteiger partial charge in [-0.25, -0.2) is 0 Å². The van der Waals surface area contributed by atoms with Crippen LogP contribution < -0.4 is 14.8 Å². The van der Waals surface area contributed by atoms with Crippen molar-refractivity contribution in [3.05, 3.63) is 29.8 Å². The van der Waals surface area contributed by atoms with Gasteiger partial charge in [-0.3, -0.25) is 14.3 Å². The minimum absolute atomic E-state index is 0.00331. The van der Waals surface area contributed by atoms with Gasteiger partial charge >= 0.3 is 5.97 Å². The topological polar surface area (TPSA) is 125 Å². The predicted octanol–water partition coefficient (Wildman–Crippen LogP) is -0.0903. The van der Waals surface area contributed by atoms with Gasteiger partial charge in [-0.15, -0.1) is 0 Å². The molecule has 1 aromatic carbocycles. The minimum atomic E-state index is -3.60. The fourth-order valence-electron chi connectivity index (χ4n) is 1.55. The number of carbonyl (C=O) groups is 2. The summed E-state index contributed by atoms with van der Waals surface area (Å²) >= 11 is 0. The van der Waals surface area contributed by atoms with Crippen molar-refractivity contribution in [2.75, 3.05) is 11.3 Å². The zero-order valence-corrected chi connectivity index (χ0v) is 11.8. The number of rotatable bonds is 7. The largest absolute Gasteiger partial charge is 0.480 e. The third kappa shape index (κ3) is 5.04. The Hall–Kier alpha value is -2.13. The summed E-state index contributed by atoms with van der Waals surface area (Å²) in [4.78, 5) is 21.9. The molecule has 1 aliphatic carbocycles. The average molecular weight is 313 g/mol. The molecule has 4 N–H and O–H groups in total. The lowest BCUT2D eigenvalue weighted by molar-refractivity contribution is -0.135. The quantitative estimate of drug-likeness (QED) is 0.560. The maximum atomic E-state index is 11.7. The van der Waals surface area contributed by atoms with E-state index in [9.17, 15) is 18.0 Å². The fourth-order valence-corrected chi connectivity index (χ4v) is 2.73. The molecule has 0 atom stereocenters. The van der Waals surface area contributed by atoms with Crippen molar-refractivity contribution in [3.63, 3.8) is 0 Å². The summed E-state index contributed by atoms with van der Waals surface area (Å²) in [5.41, 5.74) is 0.562. The molecule has 1 fully saturated rings. The van der Waals surface area contributed by atoms with E-state index in [4.69, 9.17) is 5.11 Å². The number of nitrogens with one attached hydrogen (secondary N) is 3. The van der Waals surface area contributed by atoms with Crippen LogP contribution in [0, 0.1) is 0 Å². The Kier molecular flexibility index (Phi) is 4.43. The smallest absolute Gasteiger partial charge is 0.322 e. The molecule has 0 radical (unpaired) electrons. The van der Waals surface area contributed by atoms with Gasteiger partial charge in [0.1, 0.15) is 6.54 Å². The van der Waals surface area contributed by atoms with Gasteiger partial charge in [-0.1, -0.05) is 0 Å². The highest BCUT2D eigenvalue weighted by Gasteiger charge is 2.26. The average Bonchev–Trinajstić information content (AvgIpc) is 3.19. The normalized spacial score (nSPS) is 14.5. The Labute approximate surface area is 121 Å². The van der Waals surface area contributed by atoms with Crippen molar-refractivity contribution in [1.29, 1.82) is 0 Å². The van der Waals surface area contributed by atoms with Gasteiger partial charge in [-0.05, 0) is 37.1 Å². The molecule has 1 saturated carbocycles. The van der Waals surface area contributed by atoms with Crippen LogP contribution in [0.15, 0.2) is 24.3 Å². The number of aliphatic carboxylic acids is 1. The molecule has 0 unspecified atom stereocenters. The van der Waals surface area contributed by atoms with Gasteiger partial charge in [-0.2, -0.15) is 13.1 Å². The summed E-state index contributed by atoms with van der Waals surface area (Å²) in [6.07, 6.45) is 1.67. The number of hydrogen-bond acceptors (Lipinski definition) is 4. The van der Waals surface area contributed by atoms with Gasteiger partial charge < -0.3 is 10.4 Å². The Morgan fingerprint density at radius 2 is 1.81 bits per heavy atom. The van der Waals surface area contributed by atoms with E-state index in [1.807, 2.05) is 0 Å². The van der Waals surface area contributed by atoms with Crippen molar-refractivity contribution in [2.45, 2.75) is 18.9 Å². The van der Waals surface area contributed by atoms with Crippen molar-refractivity contribution < 1.29 is 23.1 Å².